The summed E-state index contributed by atoms with van der Waals surface area (Å²) in [5.41, 5.74) is 0.810. The number of halogens is 1. The Balaban J connectivity index is 1.20. The zero-order chi connectivity index (χ0) is 22.1. The van der Waals surface area contributed by atoms with E-state index in [0.717, 1.165) is 10.6 Å². The second kappa shape index (κ2) is 8.81. The molecule has 0 aliphatic carbocycles. The molecule has 0 spiro atoms. The third kappa shape index (κ3) is 4.29. The molecule has 1 aliphatic rings. The number of rotatable bonds is 5. The Hall–Kier alpha value is -3.08. The SMILES string of the molecule is Cc1nc(C(=O)N2CCN(Cc3nc(-c4cccs4)no3)CC2)nn1-c1ccc(Cl)cc1. The highest BCUT2D eigenvalue weighted by Crippen LogP contribution is 2.22. The van der Waals surface area contributed by atoms with Crippen LogP contribution in [-0.4, -0.2) is 66.8 Å². The van der Waals surface area contributed by atoms with Crippen molar-refractivity contribution in [3.05, 3.63) is 64.3 Å². The molecule has 0 radical (unpaired) electrons. The van der Waals surface area contributed by atoms with E-state index in [1.54, 1.807) is 33.1 Å². The number of benzene rings is 1. The first kappa shape index (κ1) is 20.8. The normalized spacial score (nSPS) is 14.8. The van der Waals surface area contributed by atoms with Crippen molar-refractivity contribution in [2.75, 3.05) is 26.2 Å². The van der Waals surface area contributed by atoms with Crippen molar-refractivity contribution in [3.8, 4) is 16.4 Å². The van der Waals surface area contributed by atoms with Crippen LogP contribution in [0.25, 0.3) is 16.4 Å². The second-order valence-electron chi connectivity index (χ2n) is 7.43. The number of hydrogen-bond donors (Lipinski definition) is 0. The summed E-state index contributed by atoms with van der Waals surface area (Å²) >= 11 is 7.54. The molecule has 3 aromatic heterocycles. The van der Waals surface area contributed by atoms with Gasteiger partial charge in [0, 0.05) is 31.2 Å². The highest BCUT2D eigenvalue weighted by atomic mass is 35.5. The summed E-state index contributed by atoms with van der Waals surface area (Å²) in [7, 11) is 0. The Bertz CT molecular complexity index is 1210. The van der Waals surface area contributed by atoms with E-state index in [0.29, 0.717) is 55.3 Å². The topological polar surface area (TPSA) is 93.2 Å². The molecule has 0 unspecified atom stereocenters. The van der Waals surface area contributed by atoms with Gasteiger partial charge in [0.15, 0.2) is 0 Å². The molecule has 5 rings (SSSR count). The van der Waals surface area contributed by atoms with Gasteiger partial charge >= 0.3 is 0 Å². The van der Waals surface area contributed by atoms with E-state index < -0.39 is 0 Å². The van der Waals surface area contributed by atoms with Gasteiger partial charge in [0.05, 0.1) is 17.1 Å². The van der Waals surface area contributed by atoms with Crippen LogP contribution in [0.5, 0.6) is 0 Å². The van der Waals surface area contributed by atoms with Crippen molar-refractivity contribution < 1.29 is 9.32 Å². The fourth-order valence-electron chi connectivity index (χ4n) is 3.57. The molecule has 4 heterocycles. The number of aryl methyl sites for hydroxylation is 1. The minimum atomic E-state index is -0.168. The molecule has 0 atom stereocenters. The smallest absolute Gasteiger partial charge is 0.293 e. The third-order valence-corrected chi connectivity index (χ3v) is 6.38. The lowest BCUT2D eigenvalue weighted by Gasteiger charge is -2.33. The van der Waals surface area contributed by atoms with E-state index in [4.69, 9.17) is 16.1 Å². The van der Waals surface area contributed by atoms with Crippen molar-refractivity contribution in [2.24, 2.45) is 0 Å². The lowest BCUT2D eigenvalue weighted by atomic mass is 10.3. The molecule has 1 aromatic carbocycles. The number of nitrogens with zero attached hydrogens (tertiary/aromatic N) is 7. The largest absolute Gasteiger partial charge is 0.338 e. The molecule has 1 saturated heterocycles. The van der Waals surface area contributed by atoms with Gasteiger partial charge in [-0.05, 0) is 42.6 Å². The molecule has 164 valence electrons. The maximum Gasteiger partial charge on any atom is 0.293 e. The van der Waals surface area contributed by atoms with Crippen LogP contribution in [0.15, 0.2) is 46.3 Å². The molecule has 11 heteroatoms. The van der Waals surface area contributed by atoms with Gasteiger partial charge < -0.3 is 9.42 Å². The van der Waals surface area contributed by atoms with Crippen LogP contribution >= 0.6 is 22.9 Å². The predicted molar refractivity (Wildman–Crippen MR) is 120 cm³/mol. The monoisotopic (exact) mass is 469 g/mol. The average Bonchev–Trinajstić information content (AvgIpc) is 3.55. The predicted octanol–water partition coefficient (Wildman–Crippen LogP) is 3.30. The fraction of sp³-hybridized carbons (Fsp3) is 0.286. The van der Waals surface area contributed by atoms with Crippen LogP contribution in [0, 0.1) is 6.92 Å². The summed E-state index contributed by atoms with van der Waals surface area (Å²) in [4.78, 5) is 26.8. The fourth-order valence-corrected chi connectivity index (χ4v) is 4.35. The van der Waals surface area contributed by atoms with Crippen molar-refractivity contribution in [1.29, 1.82) is 0 Å². The van der Waals surface area contributed by atoms with Crippen molar-refractivity contribution in [2.45, 2.75) is 13.5 Å². The molecule has 32 heavy (non-hydrogen) atoms. The molecule has 1 amide bonds. The van der Waals surface area contributed by atoms with Crippen molar-refractivity contribution in [3.63, 3.8) is 0 Å². The van der Waals surface area contributed by atoms with E-state index in [1.807, 2.05) is 36.6 Å². The number of piperazine rings is 1. The van der Waals surface area contributed by atoms with Gasteiger partial charge in [-0.3, -0.25) is 9.69 Å². The van der Waals surface area contributed by atoms with Crippen LogP contribution in [-0.2, 0) is 6.54 Å². The van der Waals surface area contributed by atoms with E-state index in [1.165, 1.54) is 0 Å². The van der Waals surface area contributed by atoms with E-state index in [-0.39, 0.29) is 11.7 Å². The molecule has 0 saturated carbocycles. The summed E-state index contributed by atoms with van der Waals surface area (Å²) in [5, 5.41) is 11.1. The summed E-state index contributed by atoms with van der Waals surface area (Å²) in [6.07, 6.45) is 0. The molecular weight excluding hydrogens is 450 g/mol. The number of thiophene rings is 1. The maximum absolute atomic E-state index is 13.0. The summed E-state index contributed by atoms with van der Waals surface area (Å²) in [5.74, 6) is 1.86. The zero-order valence-corrected chi connectivity index (χ0v) is 18.9. The molecule has 0 N–H and O–H groups in total. The van der Waals surface area contributed by atoms with Crippen molar-refractivity contribution >= 4 is 28.8 Å². The van der Waals surface area contributed by atoms with Gasteiger partial charge in [-0.25, -0.2) is 9.67 Å². The summed E-state index contributed by atoms with van der Waals surface area (Å²) in [6.45, 7) is 4.96. The van der Waals surface area contributed by atoms with E-state index in [9.17, 15) is 4.79 Å². The van der Waals surface area contributed by atoms with Gasteiger partial charge in [0.2, 0.25) is 17.5 Å². The van der Waals surface area contributed by atoms with E-state index in [2.05, 4.69) is 25.1 Å². The van der Waals surface area contributed by atoms with Crippen LogP contribution < -0.4 is 0 Å². The third-order valence-electron chi connectivity index (χ3n) is 5.26. The Morgan fingerprint density at radius 3 is 2.62 bits per heavy atom. The van der Waals surface area contributed by atoms with Crippen LogP contribution in [0.4, 0.5) is 0 Å². The zero-order valence-electron chi connectivity index (χ0n) is 17.3. The van der Waals surface area contributed by atoms with Crippen LogP contribution in [0.2, 0.25) is 5.02 Å². The number of carbonyl (C=O) groups is 1. The van der Waals surface area contributed by atoms with Crippen molar-refractivity contribution in [1.82, 2.24) is 34.7 Å². The molecule has 9 nitrogen and oxygen atoms in total. The Kier molecular flexibility index (Phi) is 5.73. The van der Waals surface area contributed by atoms with Gasteiger partial charge in [-0.2, -0.15) is 4.98 Å². The summed E-state index contributed by atoms with van der Waals surface area (Å²) in [6, 6.07) is 11.2. The lowest BCUT2D eigenvalue weighted by molar-refractivity contribution is 0.0603. The number of hydrogen-bond acceptors (Lipinski definition) is 8. The van der Waals surface area contributed by atoms with Gasteiger partial charge in [0.1, 0.15) is 5.82 Å². The first-order valence-corrected chi connectivity index (χ1v) is 11.4. The highest BCUT2D eigenvalue weighted by molar-refractivity contribution is 7.13. The number of aromatic nitrogens is 5. The molecule has 0 bridgehead atoms. The van der Waals surface area contributed by atoms with Gasteiger partial charge in [-0.15, -0.1) is 16.4 Å². The lowest BCUT2D eigenvalue weighted by Crippen LogP contribution is -2.48. The number of carbonyl (C=O) groups excluding carboxylic acids is 1. The first-order valence-electron chi connectivity index (χ1n) is 10.1. The minimum Gasteiger partial charge on any atom is -0.338 e. The second-order valence-corrected chi connectivity index (χ2v) is 8.81. The van der Waals surface area contributed by atoms with E-state index >= 15 is 0 Å². The summed E-state index contributed by atoms with van der Waals surface area (Å²) < 4.78 is 7.05. The highest BCUT2D eigenvalue weighted by Gasteiger charge is 2.26. The number of amides is 1. The Labute approximate surface area is 193 Å². The van der Waals surface area contributed by atoms with Gasteiger partial charge in [0.25, 0.3) is 5.91 Å². The maximum atomic E-state index is 13.0. The quantitative estimate of drug-likeness (QED) is 0.442. The molecule has 1 fully saturated rings. The Morgan fingerprint density at radius 2 is 1.91 bits per heavy atom. The van der Waals surface area contributed by atoms with Gasteiger partial charge in [-0.1, -0.05) is 22.8 Å². The van der Waals surface area contributed by atoms with Crippen LogP contribution in [0.1, 0.15) is 22.3 Å². The Morgan fingerprint density at radius 1 is 1.12 bits per heavy atom. The first-order chi connectivity index (χ1) is 15.6. The average molecular weight is 470 g/mol. The molecule has 4 aromatic rings. The molecular formula is C21H20ClN7O2S. The molecule has 1 aliphatic heterocycles. The minimum absolute atomic E-state index is 0.168. The standard InChI is InChI=1S/C21H20ClN7O2S/c1-14-23-20(25-29(14)16-6-4-15(22)5-7-16)21(30)28-10-8-27(9-11-28)13-18-24-19(26-31-18)17-3-2-12-32-17/h2-7,12H,8-11,13H2,1H3. The van der Waals surface area contributed by atoms with Crippen LogP contribution in [0.3, 0.4) is 0 Å².